The third kappa shape index (κ3) is 3.38. The summed E-state index contributed by atoms with van der Waals surface area (Å²) in [6.07, 6.45) is 2.97. The second-order valence-electron chi connectivity index (χ2n) is 3.85. The molecule has 2 N–H and O–H groups in total. The van der Waals surface area contributed by atoms with Gasteiger partial charge in [0.25, 0.3) is 0 Å². The maximum absolute atomic E-state index is 11.7. The van der Waals surface area contributed by atoms with Crippen molar-refractivity contribution in [2.24, 2.45) is 0 Å². The summed E-state index contributed by atoms with van der Waals surface area (Å²) in [5.41, 5.74) is 0.516. The lowest BCUT2D eigenvalue weighted by molar-refractivity contribution is -0.142. The van der Waals surface area contributed by atoms with Crippen LogP contribution in [0.4, 0.5) is 0 Å². The van der Waals surface area contributed by atoms with Gasteiger partial charge in [0.1, 0.15) is 6.54 Å². The van der Waals surface area contributed by atoms with E-state index in [0.29, 0.717) is 5.56 Å². The summed E-state index contributed by atoms with van der Waals surface area (Å²) >= 11 is 0. The number of hydrogen-bond donors (Lipinski definition) is 2. The Balaban J connectivity index is 2.05. The average molecular weight is 260 g/mol. The molecule has 1 atom stereocenters. The van der Waals surface area contributed by atoms with E-state index < -0.39 is 17.9 Å². The van der Waals surface area contributed by atoms with Crippen molar-refractivity contribution in [3.05, 3.63) is 48.3 Å². The number of amides is 1. The predicted octanol–water partition coefficient (Wildman–Crippen LogP) is 0.220. The third-order valence-corrected chi connectivity index (χ3v) is 2.46. The fourth-order valence-corrected chi connectivity index (χ4v) is 1.60. The lowest BCUT2D eigenvalue weighted by Crippen LogP contribution is -2.36. The Kier molecular flexibility index (Phi) is 3.87. The van der Waals surface area contributed by atoms with Gasteiger partial charge < -0.3 is 10.4 Å². The summed E-state index contributed by atoms with van der Waals surface area (Å²) in [6, 6.07) is 7.43. The summed E-state index contributed by atoms with van der Waals surface area (Å²) in [4.78, 5) is 22.9. The number of carbonyl (C=O) groups is 2. The minimum Gasteiger partial charge on any atom is -0.479 e. The van der Waals surface area contributed by atoms with E-state index in [-0.39, 0.29) is 6.54 Å². The van der Waals surface area contributed by atoms with Gasteiger partial charge in [-0.1, -0.05) is 35.5 Å². The summed E-state index contributed by atoms with van der Waals surface area (Å²) in [7, 11) is 0. The van der Waals surface area contributed by atoms with Crippen molar-refractivity contribution >= 4 is 11.9 Å². The van der Waals surface area contributed by atoms with Gasteiger partial charge in [0.05, 0.1) is 6.20 Å². The van der Waals surface area contributed by atoms with Crippen molar-refractivity contribution in [1.82, 2.24) is 20.3 Å². The van der Waals surface area contributed by atoms with Crippen molar-refractivity contribution in [2.45, 2.75) is 12.6 Å². The highest BCUT2D eigenvalue weighted by atomic mass is 16.4. The summed E-state index contributed by atoms with van der Waals surface area (Å²) in [5, 5.41) is 18.8. The molecule has 0 bridgehead atoms. The second kappa shape index (κ2) is 5.76. The van der Waals surface area contributed by atoms with Gasteiger partial charge >= 0.3 is 5.97 Å². The lowest BCUT2D eigenvalue weighted by Gasteiger charge is -2.14. The van der Waals surface area contributed by atoms with Crippen LogP contribution in [0.1, 0.15) is 11.6 Å². The predicted molar refractivity (Wildman–Crippen MR) is 65.0 cm³/mol. The normalized spacial score (nSPS) is 11.8. The van der Waals surface area contributed by atoms with Gasteiger partial charge in [-0.05, 0) is 5.56 Å². The maximum atomic E-state index is 11.7. The first-order chi connectivity index (χ1) is 9.16. The number of carboxylic acids is 1. The molecule has 0 aliphatic heterocycles. The molecule has 1 aromatic heterocycles. The van der Waals surface area contributed by atoms with Crippen LogP contribution in [-0.2, 0) is 16.1 Å². The molecule has 2 aromatic rings. The number of nitrogens with one attached hydrogen (secondary N) is 1. The molecule has 0 saturated heterocycles. The van der Waals surface area contributed by atoms with Crippen molar-refractivity contribution in [3.8, 4) is 0 Å². The number of benzene rings is 1. The Hall–Kier alpha value is -2.70. The molecule has 0 aliphatic carbocycles. The molecular formula is C12H12N4O3. The molecule has 7 heteroatoms. The van der Waals surface area contributed by atoms with E-state index in [1.54, 1.807) is 30.3 Å². The number of hydrogen-bond acceptors (Lipinski definition) is 4. The highest BCUT2D eigenvalue weighted by Crippen LogP contribution is 2.12. The fourth-order valence-electron chi connectivity index (χ4n) is 1.60. The number of aromatic nitrogens is 3. The lowest BCUT2D eigenvalue weighted by atomic mass is 10.1. The fraction of sp³-hybridized carbons (Fsp3) is 0.167. The molecule has 0 spiro atoms. The largest absolute Gasteiger partial charge is 0.479 e. The van der Waals surface area contributed by atoms with Crippen molar-refractivity contribution < 1.29 is 14.7 Å². The van der Waals surface area contributed by atoms with Crippen LogP contribution in [0.5, 0.6) is 0 Å². The first-order valence-corrected chi connectivity index (χ1v) is 5.58. The Morgan fingerprint density at radius 3 is 2.63 bits per heavy atom. The number of rotatable bonds is 5. The highest BCUT2D eigenvalue weighted by molar-refractivity contribution is 5.84. The van der Waals surface area contributed by atoms with Crippen molar-refractivity contribution in [3.63, 3.8) is 0 Å². The molecule has 98 valence electrons. The third-order valence-electron chi connectivity index (χ3n) is 2.46. The maximum Gasteiger partial charge on any atom is 0.330 e. The minimum atomic E-state index is -1.11. The van der Waals surface area contributed by atoms with Gasteiger partial charge in [0, 0.05) is 6.20 Å². The van der Waals surface area contributed by atoms with Gasteiger partial charge in [-0.15, -0.1) is 5.10 Å². The molecule has 19 heavy (non-hydrogen) atoms. The van der Waals surface area contributed by atoms with Crippen molar-refractivity contribution in [2.75, 3.05) is 0 Å². The molecule has 7 nitrogen and oxygen atoms in total. The van der Waals surface area contributed by atoms with Crippen LogP contribution in [-0.4, -0.2) is 32.0 Å². The molecule has 1 heterocycles. The average Bonchev–Trinajstić information content (AvgIpc) is 2.89. The zero-order valence-corrected chi connectivity index (χ0v) is 9.93. The summed E-state index contributed by atoms with van der Waals surface area (Å²) in [6.45, 7) is -0.0728. The van der Waals surface area contributed by atoms with E-state index in [4.69, 9.17) is 5.11 Å². The zero-order chi connectivity index (χ0) is 13.7. The van der Waals surface area contributed by atoms with Gasteiger partial charge in [-0.25, -0.2) is 9.48 Å². The molecule has 1 amide bonds. The van der Waals surface area contributed by atoms with E-state index in [2.05, 4.69) is 15.6 Å². The highest BCUT2D eigenvalue weighted by Gasteiger charge is 2.21. The van der Waals surface area contributed by atoms with E-state index >= 15 is 0 Å². The topological polar surface area (TPSA) is 97.1 Å². The number of nitrogens with zero attached hydrogens (tertiary/aromatic N) is 3. The number of carboxylic acid groups (broad SMARTS) is 1. The van der Waals surface area contributed by atoms with Gasteiger partial charge in [-0.2, -0.15) is 0 Å². The van der Waals surface area contributed by atoms with E-state index in [0.717, 1.165) is 0 Å². The van der Waals surface area contributed by atoms with Crippen LogP contribution >= 0.6 is 0 Å². The van der Waals surface area contributed by atoms with E-state index in [1.807, 2.05) is 0 Å². The smallest absolute Gasteiger partial charge is 0.330 e. The Bertz CT molecular complexity index is 554. The Morgan fingerprint density at radius 1 is 1.32 bits per heavy atom. The molecule has 1 aromatic carbocycles. The van der Waals surface area contributed by atoms with Gasteiger partial charge in [-0.3, -0.25) is 4.79 Å². The van der Waals surface area contributed by atoms with Crippen LogP contribution in [0.3, 0.4) is 0 Å². The van der Waals surface area contributed by atoms with Crippen LogP contribution in [0.2, 0.25) is 0 Å². The molecule has 2 rings (SSSR count). The standard InChI is InChI=1S/C12H12N4O3/c17-10(8-16-7-6-13-15-16)14-11(12(18)19)9-4-2-1-3-5-9/h1-7,11H,8H2,(H,14,17)(H,18,19). The zero-order valence-electron chi connectivity index (χ0n) is 9.93. The van der Waals surface area contributed by atoms with Crippen LogP contribution in [0.15, 0.2) is 42.7 Å². The van der Waals surface area contributed by atoms with Crippen LogP contribution < -0.4 is 5.32 Å². The Labute approximate surface area is 108 Å². The number of carbonyl (C=O) groups excluding carboxylic acids is 1. The first-order valence-electron chi connectivity index (χ1n) is 5.58. The van der Waals surface area contributed by atoms with Crippen LogP contribution in [0.25, 0.3) is 0 Å². The quantitative estimate of drug-likeness (QED) is 0.801. The minimum absolute atomic E-state index is 0.0728. The SMILES string of the molecule is O=C(Cn1ccnn1)NC(C(=O)O)c1ccccc1. The first kappa shape index (κ1) is 12.7. The molecule has 0 radical (unpaired) electrons. The second-order valence-corrected chi connectivity index (χ2v) is 3.85. The van der Waals surface area contributed by atoms with Gasteiger partial charge in [0.15, 0.2) is 6.04 Å². The van der Waals surface area contributed by atoms with Crippen molar-refractivity contribution in [1.29, 1.82) is 0 Å². The molecular weight excluding hydrogens is 248 g/mol. The molecule has 0 fully saturated rings. The molecule has 0 saturated carbocycles. The number of aliphatic carboxylic acids is 1. The van der Waals surface area contributed by atoms with Crippen LogP contribution in [0, 0.1) is 0 Å². The van der Waals surface area contributed by atoms with E-state index in [9.17, 15) is 9.59 Å². The summed E-state index contributed by atoms with van der Waals surface area (Å²) < 4.78 is 1.32. The van der Waals surface area contributed by atoms with E-state index in [1.165, 1.54) is 17.1 Å². The molecule has 1 unspecified atom stereocenters. The summed E-state index contributed by atoms with van der Waals surface area (Å²) in [5.74, 6) is -1.56. The monoisotopic (exact) mass is 260 g/mol. The molecule has 0 aliphatic rings. The van der Waals surface area contributed by atoms with Gasteiger partial charge in [0.2, 0.25) is 5.91 Å². The Morgan fingerprint density at radius 2 is 2.05 bits per heavy atom.